The molecule has 0 aliphatic rings. The van der Waals surface area contributed by atoms with Crippen molar-refractivity contribution in [1.29, 1.82) is 0 Å². The van der Waals surface area contributed by atoms with E-state index >= 15 is 0 Å². The molecule has 0 heterocycles. The Morgan fingerprint density at radius 3 is 2.62 bits per heavy atom. The minimum atomic E-state index is -0.531. The Morgan fingerprint density at radius 1 is 1.24 bits per heavy atom. The molecule has 1 N–H and O–H groups in total. The number of benzene rings is 2. The van der Waals surface area contributed by atoms with Gasteiger partial charge < -0.3 is 14.6 Å². The highest BCUT2D eigenvalue weighted by molar-refractivity contribution is 6.31. The average molecular weight is 310 g/mol. The molecule has 7 heteroatoms. The summed E-state index contributed by atoms with van der Waals surface area (Å²) >= 11 is 5.97. The number of aliphatic hydroxyl groups excluding tert-OH is 1. The van der Waals surface area contributed by atoms with Crippen LogP contribution < -0.4 is 9.47 Å². The van der Waals surface area contributed by atoms with E-state index in [1.54, 1.807) is 18.2 Å². The number of nitro groups is 1. The summed E-state index contributed by atoms with van der Waals surface area (Å²) < 4.78 is 10.7. The van der Waals surface area contributed by atoms with Crippen LogP contribution in [0, 0.1) is 10.1 Å². The third-order valence-corrected chi connectivity index (χ3v) is 3.17. The first-order valence-electron chi connectivity index (χ1n) is 5.95. The molecule has 21 heavy (non-hydrogen) atoms. The molecule has 0 aliphatic heterocycles. The van der Waals surface area contributed by atoms with Crippen molar-refractivity contribution >= 4 is 17.3 Å². The van der Waals surface area contributed by atoms with E-state index < -0.39 is 4.92 Å². The number of aliphatic hydroxyl groups is 1. The molecule has 0 amide bonds. The van der Waals surface area contributed by atoms with Crippen LogP contribution in [-0.2, 0) is 6.61 Å². The number of nitro benzene ring substituents is 1. The molecular formula is C14H12ClNO5. The summed E-state index contributed by atoms with van der Waals surface area (Å²) in [6.45, 7) is -0.313. The molecule has 0 saturated heterocycles. The minimum absolute atomic E-state index is 0.127. The van der Waals surface area contributed by atoms with Gasteiger partial charge in [-0.25, -0.2) is 0 Å². The van der Waals surface area contributed by atoms with Crippen LogP contribution in [0.25, 0.3) is 0 Å². The molecule has 6 nitrogen and oxygen atoms in total. The number of nitrogens with zero attached hydrogens (tertiary/aromatic N) is 1. The lowest BCUT2D eigenvalue weighted by molar-refractivity contribution is -0.384. The maximum Gasteiger partial charge on any atom is 0.273 e. The Kier molecular flexibility index (Phi) is 4.62. The van der Waals surface area contributed by atoms with Gasteiger partial charge in [0, 0.05) is 16.7 Å². The molecule has 0 fully saturated rings. The van der Waals surface area contributed by atoms with Crippen LogP contribution >= 0.6 is 11.6 Å². The lowest BCUT2D eigenvalue weighted by Gasteiger charge is -2.13. The summed E-state index contributed by atoms with van der Waals surface area (Å²) in [5.74, 6) is 0.817. The Balaban J connectivity index is 2.45. The molecule has 0 bridgehead atoms. The van der Waals surface area contributed by atoms with Crippen LogP contribution in [0.5, 0.6) is 17.2 Å². The van der Waals surface area contributed by atoms with Gasteiger partial charge in [0.25, 0.3) is 5.69 Å². The Labute approximate surface area is 125 Å². The number of non-ortho nitro benzene ring substituents is 1. The van der Waals surface area contributed by atoms with Gasteiger partial charge in [0.2, 0.25) is 0 Å². The Bertz CT molecular complexity index is 674. The minimum Gasteiger partial charge on any atom is -0.493 e. The van der Waals surface area contributed by atoms with E-state index in [-0.39, 0.29) is 18.0 Å². The maximum atomic E-state index is 10.8. The number of hydrogen-bond acceptors (Lipinski definition) is 5. The van der Waals surface area contributed by atoms with Gasteiger partial charge in [-0.05, 0) is 18.2 Å². The van der Waals surface area contributed by atoms with Gasteiger partial charge in [0.1, 0.15) is 5.75 Å². The average Bonchev–Trinajstić information content (AvgIpc) is 2.47. The molecule has 2 aromatic carbocycles. The molecule has 0 spiro atoms. The molecular weight excluding hydrogens is 298 g/mol. The number of ether oxygens (including phenoxy) is 2. The zero-order valence-electron chi connectivity index (χ0n) is 11.1. The summed E-state index contributed by atoms with van der Waals surface area (Å²) in [7, 11) is 1.43. The topological polar surface area (TPSA) is 81.8 Å². The monoisotopic (exact) mass is 309 g/mol. The molecule has 110 valence electrons. The third kappa shape index (κ3) is 3.24. The fraction of sp³-hybridized carbons (Fsp3) is 0.143. The molecule has 0 aromatic heterocycles. The fourth-order valence-corrected chi connectivity index (χ4v) is 1.99. The number of halogens is 1. The molecule has 0 radical (unpaired) electrons. The van der Waals surface area contributed by atoms with E-state index in [4.69, 9.17) is 21.1 Å². The van der Waals surface area contributed by atoms with Crippen molar-refractivity contribution < 1.29 is 19.5 Å². The number of rotatable bonds is 5. The van der Waals surface area contributed by atoms with Crippen molar-refractivity contribution in [3.05, 3.63) is 57.1 Å². The van der Waals surface area contributed by atoms with Gasteiger partial charge in [-0.3, -0.25) is 10.1 Å². The van der Waals surface area contributed by atoms with Gasteiger partial charge in [-0.2, -0.15) is 0 Å². The summed E-state index contributed by atoms with van der Waals surface area (Å²) in [5.41, 5.74) is 0.270. The van der Waals surface area contributed by atoms with Crippen molar-refractivity contribution in [2.24, 2.45) is 0 Å². The molecule has 0 saturated carbocycles. The molecule has 2 rings (SSSR count). The van der Waals surface area contributed by atoms with Crippen molar-refractivity contribution in [3.63, 3.8) is 0 Å². The second-order valence-corrected chi connectivity index (χ2v) is 4.48. The lowest BCUT2D eigenvalue weighted by Crippen LogP contribution is -1.96. The van der Waals surface area contributed by atoms with Crippen molar-refractivity contribution in [2.45, 2.75) is 6.61 Å². The highest BCUT2D eigenvalue weighted by Gasteiger charge is 2.15. The SMILES string of the molecule is COc1ccc([N+](=O)[O-])cc1Oc1cccc(Cl)c1CO. The van der Waals surface area contributed by atoms with Crippen LogP contribution in [0.3, 0.4) is 0 Å². The summed E-state index contributed by atoms with van der Waals surface area (Å²) in [6, 6.07) is 8.88. The predicted molar refractivity (Wildman–Crippen MR) is 77.1 cm³/mol. The van der Waals surface area contributed by atoms with E-state index in [1.807, 2.05) is 0 Å². The first-order chi connectivity index (χ1) is 10.1. The smallest absolute Gasteiger partial charge is 0.273 e. The first kappa shape index (κ1) is 15.1. The lowest BCUT2D eigenvalue weighted by atomic mass is 10.2. The predicted octanol–water partition coefficient (Wildman–Crippen LogP) is 3.54. The Hall–Kier alpha value is -2.31. The summed E-state index contributed by atoms with van der Waals surface area (Å²) in [4.78, 5) is 10.3. The van der Waals surface area contributed by atoms with E-state index in [2.05, 4.69) is 0 Å². The highest BCUT2D eigenvalue weighted by Crippen LogP contribution is 2.37. The van der Waals surface area contributed by atoms with Crippen LogP contribution in [0.4, 0.5) is 5.69 Å². The summed E-state index contributed by atoms with van der Waals surface area (Å²) in [6.07, 6.45) is 0. The second kappa shape index (κ2) is 6.43. The second-order valence-electron chi connectivity index (χ2n) is 4.07. The zero-order chi connectivity index (χ0) is 15.4. The number of hydrogen-bond donors (Lipinski definition) is 1. The van der Waals surface area contributed by atoms with Gasteiger partial charge in [0.15, 0.2) is 11.5 Å². The Morgan fingerprint density at radius 2 is 2.00 bits per heavy atom. The third-order valence-electron chi connectivity index (χ3n) is 2.81. The van der Waals surface area contributed by atoms with E-state index in [0.717, 1.165) is 0 Å². The molecule has 0 atom stereocenters. The van der Waals surface area contributed by atoms with Crippen LogP contribution in [0.1, 0.15) is 5.56 Å². The van der Waals surface area contributed by atoms with Crippen molar-refractivity contribution in [1.82, 2.24) is 0 Å². The van der Waals surface area contributed by atoms with Gasteiger partial charge >= 0.3 is 0 Å². The molecule has 0 aliphatic carbocycles. The standard InChI is InChI=1S/C14H12ClNO5/c1-20-13-6-5-9(16(18)19)7-14(13)21-12-4-2-3-11(15)10(12)8-17/h2-7,17H,8H2,1H3. The highest BCUT2D eigenvalue weighted by atomic mass is 35.5. The summed E-state index contributed by atoms with van der Waals surface area (Å²) in [5, 5.41) is 20.5. The maximum absolute atomic E-state index is 10.8. The van der Waals surface area contributed by atoms with Crippen LogP contribution in [0.2, 0.25) is 5.02 Å². The van der Waals surface area contributed by atoms with E-state index in [0.29, 0.717) is 22.1 Å². The van der Waals surface area contributed by atoms with Crippen LogP contribution in [0.15, 0.2) is 36.4 Å². The molecule has 0 unspecified atom stereocenters. The first-order valence-corrected chi connectivity index (χ1v) is 6.33. The van der Waals surface area contributed by atoms with E-state index in [9.17, 15) is 15.2 Å². The van der Waals surface area contributed by atoms with Gasteiger partial charge in [0.05, 0.1) is 24.7 Å². The zero-order valence-corrected chi connectivity index (χ0v) is 11.8. The van der Waals surface area contributed by atoms with Crippen LogP contribution in [-0.4, -0.2) is 17.1 Å². The quantitative estimate of drug-likeness (QED) is 0.674. The van der Waals surface area contributed by atoms with Gasteiger partial charge in [-0.15, -0.1) is 0 Å². The van der Waals surface area contributed by atoms with E-state index in [1.165, 1.54) is 25.3 Å². The normalized spacial score (nSPS) is 10.2. The van der Waals surface area contributed by atoms with Gasteiger partial charge in [-0.1, -0.05) is 17.7 Å². The van der Waals surface area contributed by atoms with Crippen molar-refractivity contribution in [2.75, 3.05) is 7.11 Å². The largest absolute Gasteiger partial charge is 0.493 e. The van der Waals surface area contributed by atoms with Crippen molar-refractivity contribution in [3.8, 4) is 17.2 Å². The molecule has 2 aromatic rings. The number of methoxy groups -OCH3 is 1. The fourth-order valence-electron chi connectivity index (χ4n) is 1.77.